The topological polar surface area (TPSA) is 59.3 Å². The van der Waals surface area contributed by atoms with Gasteiger partial charge in [-0.05, 0) is 35.6 Å². The maximum absolute atomic E-state index is 12.1. The molecule has 4 heteroatoms. The van der Waals surface area contributed by atoms with Crippen molar-refractivity contribution in [3.8, 4) is 0 Å². The molecule has 0 unspecified atom stereocenters. The van der Waals surface area contributed by atoms with Gasteiger partial charge in [0.05, 0.1) is 5.52 Å². The van der Waals surface area contributed by atoms with Crippen molar-refractivity contribution >= 4 is 16.9 Å². The van der Waals surface area contributed by atoms with Crippen molar-refractivity contribution in [1.82, 2.24) is 4.57 Å². The molecule has 20 heavy (non-hydrogen) atoms. The third-order valence-corrected chi connectivity index (χ3v) is 3.74. The maximum Gasteiger partial charge on any atom is 0.341 e. The van der Waals surface area contributed by atoms with Gasteiger partial charge >= 0.3 is 5.97 Å². The van der Waals surface area contributed by atoms with Crippen molar-refractivity contribution in [3.05, 3.63) is 45.2 Å². The molecule has 0 radical (unpaired) electrons. The normalized spacial score (nSPS) is 11.8. The fourth-order valence-corrected chi connectivity index (χ4v) is 2.42. The Kier molecular flexibility index (Phi) is 3.20. The first-order valence-electron chi connectivity index (χ1n) is 6.51. The van der Waals surface area contributed by atoms with Gasteiger partial charge in [0, 0.05) is 12.4 Å². The number of aromatic carboxylic acids is 1. The third-order valence-electron chi connectivity index (χ3n) is 3.74. The van der Waals surface area contributed by atoms with Gasteiger partial charge in [0.25, 0.3) is 5.56 Å². The van der Waals surface area contributed by atoms with Crippen molar-refractivity contribution in [2.24, 2.45) is 7.05 Å². The molecule has 0 saturated carbocycles. The highest BCUT2D eigenvalue weighted by Gasteiger charge is 2.20. The Morgan fingerprint density at radius 2 is 1.85 bits per heavy atom. The molecule has 0 aliphatic rings. The molecule has 2 aromatic rings. The first-order valence-corrected chi connectivity index (χ1v) is 6.51. The van der Waals surface area contributed by atoms with E-state index in [-0.39, 0.29) is 11.0 Å². The summed E-state index contributed by atoms with van der Waals surface area (Å²) >= 11 is 0. The molecule has 0 amide bonds. The molecule has 1 aromatic heterocycles. The van der Waals surface area contributed by atoms with Crippen LogP contribution in [-0.4, -0.2) is 15.6 Å². The van der Waals surface area contributed by atoms with Crippen LogP contribution >= 0.6 is 0 Å². The number of fused-ring (bicyclic) bond motifs is 1. The molecule has 1 N–H and O–H groups in total. The number of benzene rings is 1. The van der Waals surface area contributed by atoms with E-state index in [0.29, 0.717) is 5.56 Å². The van der Waals surface area contributed by atoms with Crippen molar-refractivity contribution in [1.29, 1.82) is 0 Å². The Hall–Kier alpha value is -2.10. The predicted molar refractivity (Wildman–Crippen MR) is 79.6 cm³/mol. The largest absolute Gasteiger partial charge is 0.477 e. The average Bonchev–Trinajstić information content (AvgIpc) is 2.34. The molecule has 4 nitrogen and oxygen atoms in total. The second-order valence-electron chi connectivity index (χ2n) is 6.15. The quantitative estimate of drug-likeness (QED) is 0.869. The minimum absolute atomic E-state index is 0.0290. The highest BCUT2D eigenvalue weighted by atomic mass is 16.4. The maximum atomic E-state index is 12.1. The van der Waals surface area contributed by atoms with Crippen LogP contribution in [0.25, 0.3) is 10.9 Å². The molecule has 2 rings (SSSR count). The van der Waals surface area contributed by atoms with Crippen LogP contribution in [0, 0.1) is 6.92 Å². The van der Waals surface area contributed by atoms with Crippen LogP contribution < -0.4 is 5.56 Å². The van der Waals surface area contributed by atoms with Gasteiger partial charge in [-0.2, -0.15) is 0 Å². The van der Waals surface area contributed by atoms with E-state index in [1.807, 2.05) is 18.2 Å². The summed E-state index contributed by atoms with van der Waals surface area (Å²) in [4.78, 5) is 23.4. The van der Waals surface area contributed by atoms with Crippen molar-refractivity contribution < 1.29 is 9.90 Å². The molecule has 0 saturated heterocycles. The van der Waals surface area contributed by atoms with Crippen LogP contribution in [0.15, 0.2) is 23.0 Å². The molecule has 0 spiro atoms. The summed E-state index contributed by atoms with van der Waals surface area (Å²) in [6, 6.07) is 5.86. The highest BCUT2D eigenvalue weighted by Crippen LogP contribution is 2.27. The minimum Gasteiger partial charge on any atom is -0.477 e. The molecule has 0 atom stereocenters. The van der Waals surface area contributed by atoms with E-state index in [0.717, 1.165) is 16.5 Å². The van der Waals surface area contributed by atoms with Gasteiger partial charge in [-0.25, -0.2) is 4.79 Å². The number of carbonyl (C=O) groups is 1. The summed E-state index contributed by atoms with van der Waals surface area (Å²) in [7, 11) is 1.60. The zero-order valence-corrected chi connectivity index (χ0v) is 12.4. The number of pyridine rings is 1. The van der Waals surface area contributed by atoms with Gasteiger partial charge in [-0.15, -0.1) is 0 Å². The number of aromatic nitrogens is 1. The van der Waals surface area contributed by atoms with E-state index in [2.05, 4.69) is 20.8 Å². The number of hydrogen-bond acceptors (Lipinski definition) is 2. The molecule has 0 aliphatic carbocycles. The van der Waals surface area contributed by atoms with Crippen LogP contribution in [0.2, 0.25) is 0 Å². The Balaban J connectivity index is 2.96. The fraction of sp³-hybridized carbons (Fsp3) is 0.375. The van der Waals surface area contributed by atoms with Crippen LogP contribution in [0.5, 0.6) is 0 Å². The molecular formula is C16H19NO3. The Morgan fingerprint density at radius 1 is 1.25 bits per heavy atom. The summed E-state index contributed by atoms with van der Waals surface area (Å²) < 4.78 is 1.40. The lowest BCUT2D eigenvalue weighted by Gasteiger charge is -2.21. The van der Waals surface area contributed by atoms with Crippen molar-refractivity contribution in [2.75, 3.05) is 0 Å². The Labute approximate surface area is 117 Å². The smallest absolute Gasteiger partial charge is 0.341 e. The van der Waals surface area contributed by atoms with E-state index >= 15 is 0 Å². The van der Waals surface area contributed by atoms with Crippen LogP contribution in [-0.2, 0) is 12.5 Å². The first kappa shape index (κ1) is 14.3. The van der Waals surface area contributed by atoms with E-state index in [1.165, 1.54) is 4.57 Å². The molecule has 0 aliphatic heterocycles. The van der Waals surface area contributed by atoms with Gasteiger partial charge in [-0.3, -0.25) is 4.79 Å². The molecule has 0 bridgehead atoms. The summed E-state index contributed by atoms with van der Waals surface area (Å²) in [5.41, 5.74) is 1.76. The van der Waals surface area contributed by atoms with Gasteiger partial charge in [-0.1, -0.05) is 26.8 Å². The van der Waals surface area contributed by atoms with E-state index < -0.39 is 11.5 Å². The Bertz CT molecular complexity index is 764. The standard InChI is InChI=1S/C16H19NO3/c1-9-11-8-10(16(2,3)4)6-7-12(11)17(5)14(18)13(9)15(19)20/h6-8H,1-5H3,(H,19,20). The average molecular weight is 273 g/mol. The summed E-state index contributed by atoms with van der Waals surface area (Å²) in [6.45, 7) is 8.00. The third kappa shape index (κ3) is 2.11. The molecule has 1 aromatic carbocycles. The van der Waals surface area contributed by atoms with E-state index in [1.54, 1.807) is 14.0 Å². The molecular weight excluding hydrogens is 254 g/mol. The predicted octanol–water partition coefficient (Wildman–Crippen LogP) is 2.84. The SMILES string of the molecule is Cc1c(C(=O)O)c(=O)n(C)c2ccc(C(C)(C)C)cc12. The molecule has 0 fully saturated rings. The summed E-state index contributed by atoms with van der Waals surface area (Å²) in [5.74, 6) is -1.17. The van der Waals surface area contributed by atoms with Crippen LogP contribution in [0.3, 0.4) is 0 Å². The zero-order valence-electron chi connectivity index (χ0n) is 12.4. The van der Waals surface area contributed by atoms with Gasteiger partial charge in [0.1, 0.15) is 5.56 Å². The van der Waals surface area contributed by atoms with Crippen molar-refractivity contribution in [2.45, 2.75) is 33.1 Å². The summed E-state index contributed by atoms with van der Waals surface area (Å²) in [6.07, 6.45) is 0. The zero-order chi connectivity index (χ0) is 15.2. The number of aryl methyl sites for hydroxylation is 2. The fourth-order valence-electron chi connectivity index (χ4n) is 2.42. The van der Waals surface area contributed by atoms with Gasteiger partial charge in [0.15, 0.2) is 0 Å². The lowest BCUT2D eigenvalue weighted by molar-refractivity contribution is 0.0694. The Morgan fingerprint density at radius 3 is 2.35 bits per heavy atom. The number of hydrogen-bond donors (Lipinski definition) is 1. The van der Waals surface area contributed by atoms with Gasteiger partial charge < -0.3 is 9.67 Å². The van der Waals surface area contributed by atoms with Crippen LogP contribution in [0.1, 0.15) is 42.3 Å². The molecule has 1 heterocycles. The van der Waals surface area contributed by atoms with Gasteiger partial charge in [0.2, 0.25) is 0 Å². The number of rotatable bonds is 1. The number of carboxylic acids is 1. The lowest BCUT2D eigenvalue weighted by Crippen LogP contribution is -2.26. The second-order valence-corrected chi connectivity index (χ2v) is 6.15. The first-order chi connectivity index (χ1) is 9.14. The number of nitrogens with zero attached hydrogens (tertiary/aromatic N) is 1. The van der Waals surface area contributed by atoms with E-state index in [9.17, 15) is 14.7 Å². The monoisotopic (exact) mass is 273 g/mol. The highest BCUT2D eigenvalue weighted by molar-refractivity contribution is 5.96. The molecule has 106 valence electrons. The number of carboxylic acid groups (broad SMARTS) is 1. The summed E-state index contributed by atoms with van der Waals surface area (Å²) in [5, 5.41) is 10.1. The van der Waals surface area contributed by atoms with E-state index in [4.69, 9.17) is 0 Å². The lowest BCUT2D eigenvalue weighted by atomic mass is 9.85. The van der Waals surface area contributed by atoms with Crippen LogP contribution in [0.4, 0.5) is 0 Å². The minimum atomic E-state index is -1.17. The second kappa shape index (κ2) is 4.47. The van der Waals surface area contributed by atoms with Crippen molar-refractivity contribution in [3.63, 3.8) is 0 Å².